The lowest BCUT2D eigenvalue weighted by Crippen LogP contribution is -1.99. The minimum atomic E-state index is -0.977. The molecule has 2 rings (SSSR count). The quantitative estimate of drug-likeness (QED) is 0.823. The molecule has 4 nitrogen and oxygen atoms in total. The van der Waals surface area contributed by atoms with E-state index in [0.717, 1.165) is 5.69 Å². The van der Waals surface area contributed by atoms with Crippen molar-refractivity contribution in [2.45, 2.75) is 13.5 Å². The zero-order chi connectivity index (χ0) is 13.1. The van der Waals surface area contributed by atoms with Gasteiger partial charge in [-0.05, 0) is 53.3 Å². The monoisotopic (exact) mass is 357 g/mol. The largest absolute Gasteiger partial charge is 0.478 e. The smallest absolute Gasteiger partial charge is 0.338 e. The fourth-order valence-corrected chi connectivity index (χ4v) is 1.99. The number of aromatic carboxylic acids is 1. The maximum absolute atomic E-state index is 10.7. The number of hydrogen-bond donors (Lipinski definition) is 2. The van der Waals surface area contributed by atoms with E-state index in [2.05, 4.69) is 34.8 Å². The molecule has 0 amide bonds. The number of furan rings is 1. The highest BCUT2D eigenvalue weighted by Gasteiger charge is 2.07. The molecule has 0 aliphatic rings. The van der Waals surface area contributed by atoms with Crippen LogP contribution in [0.3, 0.4) is 0 Å². The zero-order valence-electron chi connectivity index (χ0n) is 9.74. The van der Waals surface area contributed by atoms with E-state index in [1.54, 1.807) is 0 Å². The van der Waals surface area contributed by atoms with Crippen molar-refractivity contribution in [3.63, 3.8) is 0 Å². The molecule has 0 aliphatic carbocycles. The lowest BCUT2D eigenvalue weighted by atomic mass is 10.2. The molecule has 5 heteroatoms. The molecule has 0 fully saturated rings. The normalized spacial score (nSPS) is 10.3. The Hall–Kier alpha value is -1.50. The van der Waals surface area contributed by atoms with Gasteiger partial charge in [0.15, 0.2) is 0 Å². The van der Waals surface area contributed by atoms with E-state index in [1.165, 1.54) is 21.5 Å². The highest BCUT2D eigenvalue weighted by atomic mass is 127. The first-order valence-corrected chi connectivity index (χ1v) is 6.45. The summed E-state index contributed by atoms with van der Waals surface area (Å²) >= 11 is 2.28. The highest BCUT2D eigenvalue weighted by molar-refractivity contribution is 14.1. The summed E-state index contributed by atoms with van der Waals surface area (Å²) in [6.07, 6.45) is 1.25. The third-order valence-corrected chi connectivity index (χ3v) is 3.70. The van der Waals surface area contributed by atoms with Crippen LogP contribution in [0.4, 0.5) is 5.69 Å². The van der Waals surface area contributed by atoms with E-state index in [9.17, 15) is 4.79 Å². The minimum Gasteiger partial charge on any atom is -0.478 e. The third kappa shape index (κ3) is 3.04. The standard InChI is InChI=1S/C13H12INO3/c1-8-2-3-10(5-12(8)14)15-6-11-4-9(7-18-11)13(16)17/h2-5,7,15H,6H2,1H3,(H,16,17). The summed E-state index contributed by atoms with van der Waals surface area (Å²) in [6.45, 7) is 2.52. The number of carboxylic acid groups (broad SMARTS) is 1. The molecule has 1 aromatic carbocycles. The van der Waals surface area contributed by atoms with Crippen LogP contribution < -0.4 is 5.32 Å². The van der Waals surface area contributed by atoms with Crippen LogP contribution in [0.2, 0.25) is 0 Å². The van der Waals surface area contributed by atoms with Crippen LogP contribution >= 0.6 is 22.6 Å². The van der Waals surface area contributed by atoms with Crippen molar-refractivity contribution in [1.29, 1.82) is 0 Å². The molecule has 0 saturated carbocycles. The Bertz CT molecular complexity index is 577. The number of carboxylic acids is 1. The summed E-state index contributed by atoms with van der Waals surface area (Å²) in [4.78, 5) is 10.7. The molecule has 0 aliphatic heterocycles. The Kier molecular flexibility index (Phi) is 3.90. The van der Waals surface area contributed by atoms with Gasteiger partial charge in [0.1, 0.15) is 12.0 Å². The minimum absolute atomic E-state index is 0.172. The van der Waals surface area contributed by atoms with Crippen LogP contribution in [-0.4, -0.2) is 11.1 Å². The van der Waals surface area contributed by atoms with Crippen LogP contribution in [0.15, 0.2) is 34.9 Å². The summed E-state index contributed by atoms with van der Waals surface area (Å²) in [5, 5.41) is 12.0. The molecule has 0 radical (unpaired) electrons. The summed E-state index contributed by atoms with van der Waals surface area (Å²) in [5.41, 5.74) is 2.39. The van der Waals surface area contributed by atoms with Crippen molar-refractivity contribution in [1.82, 2.24) is 0 Å². The molecule has 0 unspecified atom stereocenters. The predicted octanol–water partition coefficient (Wildman–Crippen LogP) is 3.50. The molecule has 0 spiro atoms. The van der Waals surface area contributed by atoms with Crippen LogP contribution in [0.5, 0.6) is 0 Å². The van der Waals surface area contributed by atoms with Gasteiger partial charge in [-0.1, -0.05) is 6.07 Å². The molecule has 1 heterocycles. The van der Waals surface area contributed by atoms with Gasteiger partial charge in [-0.15, -0.1) is 0 Å². The average Bonchev–Trinajstić information content (AvgIpc) is 2.79. The van der Waals surface area contributed by atoms with Gasteiger partial charge in [-0.25, -0.2) is 4.79 Å². The molecule has 2 N–H and O–H groups in total. The second-order valence-electron chi connectivity index (χ2n) is 3.92. The summed E-state index contributed by atoms with van der Waals surface area (Å²) in [6, 6.07) is 7.58. The van der Waals surface area contributed by atoms with E-state index in [-0.39, 0.29) is 5.56 Å². The van der Waals surface area contributed by atoms with Crippen molar-refractivity contribution in [2.75, 3.05) is 5.32 Å². The molecular weight excluding hydrogens is 345 g/mol. The highest BCUT2D eigenvalue weighted by Crippen LogP contribution is 2.18. The molecule has 0 bridgehead atoms. The summed E-state index contributed by atoms with van der Waals surface area (Å²) in [7, 11) is 0. The Labute approximate surface area is 118 Å². The van der Waals surface area contributed by atoms with Crippen LogP contribution in [0.1, 0.15) is 21.7 Å². The van der Waals surface area contributed by atoms with Gasteiger partial charge in [-0.3, -0.25) is 0 Å². The van der Waals surface area contributed by atoms with Gasteiger partial charge in [0, 0.05) is 9.26 Å². The Morgan fingerprint density at radius 3 is 2.83 bits per heavy atom. The van der Waals surface area contributed by atoms with Crippen LogP contribution in [0, 0.1) is 10.5 Å². The molecule has 0 atom stereocenters. The van der Waals surface area contributed by atoms with E-state index < -0.39 is 5.97 Å². The second kappa shape index (κ2) is 5.43. The maximum Gasteiger partial charge on any atom is 0.338 e. The van der Waals surface area contributed by atoms with E-state index in [0.29, 0.717) is 12.3 Å². The first-order valence-electron chi connectivity index (χ1n) is 5.37. The lowest BCUT2D eigenvalue weighted by Gasteiger charge is -2.06. The maximum atomic E-state index is 10.7. The summed E-state index contributed by atoms with van der Waals surface area (Å²) in [5.74, 6) is -0.377. The fourth-order valence-electron chi connectivity index (χ4n) is 1.48. The first kappa shape index (κ1) is 12.9. The molecule has 2 aromatic rings. The van der Waals surface area contributed by atoms with Gasteiger partial charge in [0.2, 0.25) is 0 Å². The van der Waals surface area contributed by atoms with Crippen LogP contribution in [0.25, 0.3) is 0 Å². The summed E-state index contributed by atoms with van der Waals surface area (Å²) < 4.78 is 6.34. The van der Waals surface area contributed by atoms with Crippen molar-refractivity contribution in [2.24, 2.45) is 0 Å². The zero-order valence-corrected chi connectivity index (χ0v) is 11.9. The molecular formula is C13H12INO3. The van der Waals surface area contributed by atoms with E-state index in [4.69, 9.17) is 9.52 Å². The second-order valence-corrected chi connectivity index (χ2v) is 5.09. The number of hydrogen-bond acceptors (Lipinski definition) is 3. The number of benzene rings is 1. The topological polar surface area (TPSA) is 62.5 Å². The fraction of sp³-hybridized carbons (Fsp3) is 0.154. The lowest BCUT2D eigenvalue weighted by molar-refractivity contribution is 0.0696. The molecule has 1 aromatic heterocycles. The number of carbonyl (C=O) groups is 1. The number of anilines is 1. The van der Waals surface area contributed by atoms with Gasteiger partial charge in [0.05, 0.1) is 12.1 Å². The number of aryl methyl sites for hydroxylation is 1. The van der Waals surface area contributed by atoms with Crippen molar-refractivity contribution in [3.8, 4) is 0 Å². The number of rotatable bonds is 4. The van der Waals surface area contributed by atoms with Crippen molar-refractivity contribution >= 4 is 34.2 Å². The van der Waals surface area contributed by atoms with Gasteiger partial charge < -0.3 is 14.8 Å². The van der Waals surface area contributed by atoms with Gasteiger partial charge >= 0.3 is 5.97 Å². The first-order chi connectivity index (χ1) is 8.56. The number of halogens is 1. The number of nitrogens with one attached hydrogen (secondary N) is 1. The van der Waals surface area contributed by atoms with Crippen molar-refractivity contribution < 1.29 is 14.3 Å². The van der Waals surface area contributed by atoms with Crippen LogP contribution in [-0.2, 0) is 6.54 Å². The third-order valence-electron chi connectivity index (χ3n) is 2.54. The van der Waals surface area contributed by atoms with Crippen molar-refractivity contribution in [3.05, 3.63) is 51.0 Å². The van der Waals surface area contributed by atoms with Gasteiger partial charge in [-0.2, -0.15) is 0 Å². The molecule has 18 heavy (non-hydrogen) atoms. The molecule has 94 valence electrons. The van der Waals surface area contributed by atoms with E-state index >= 15 is 0 Å². The SMILES string of the molecule is Cc1ccc(NCc2cc(C(=O)O)co2)cc1I. The van der Waals surface area contributed by atoms with E-state index in [1.807, 2.05) is 18.2 Å². The Morgan fingerprint density at radius 1 is 1.44 bits per heavy atom. The predicted molar refractivity (Wildman–Crippen MR) is 76.9 cm³/mol. The Morgan fingerprint density at radius 2 is 2.22 bits per heavy atom. The van der Waals surface area contributed by atoms with Gasteiger partial charge in [0.25, 0.3) is 0 Å². The average molecular weight is 357 g/mol. The Balaban J connectivity index is 2.02. The molecule has 0 saturated heterocycles.